The van der Waals surface area contributed by atoms with Crippen molar-refractivity contribution in [2.75, 3.05) is 6.54 Å². The van der Waals surface area contributed by atoms with Gasteiger partial charge in [-0.2, -0.15) is 0 Å². The summed E-state index contributed by atoms with van der Waals surface area (Å²) in [5.41, 5.74) is 6.95. The van der Waals surface area contributed by atoms with Crippen LogP contribution in [-0.4, -0.2) is 11.5 Å². The van der Waals surface area contributed by atoms with Crippen LogP contribution in [0.5, 0.6) is 0 Å². The summed E-state index contributed by atoms with van der Waals surface area (Å²) in [4.78, 5) is 4.34. The van der Waals surface area contributed by atoms with E-state index in [9.17, 15) is 0 Å². The minimum atomic E-state index is 0.264. The SMILES string of the molecule is NCCC1(c2cccc(Cl)n2)CC1. The maximum Gasteiger partial charge on any atom is 0.129 e. The van der Waals surface area contributed by atoms with E-state index in [-0.39, 0.29) is 5.41 Å². The highest BCUT2D eigenvalue weighted by Crippen LogP contribution is 2.49. The lowest BCUT2D eigenvalue weighted by Crippen LogP contribution is -2.14. The molecule has 1 aliphatic rings. The molecule has 0 aliphatic heterocycles. The van der Waals surface area contributed by atoms with Gasteiger partial charge >= 0.3 is 0 Å². The van der Waals surface area contributed by atoms with Crippen molar-refractivity contribution in [2.24, 2.45) is 5.73 Å². The molecule has 70 valence electrons. The maximum atomic E-state index is 5.84. The van der Waals surface area contributed by atoms with Gasteiger partial charge in [0.25, 0.3) is 0 Å². The largest absolute Gasteiger partial charge is 0.330 e. The first kappa shape index (κ1) is 8.97. The van der Waals surface area contributed by atoms with E-state index in [2.05, 4.69) is 11.1 Å². The van der Waals surface area contributed by atoms with E-state index in [1.807, 2.05) is 12.1 Å². The van der Waals surface area contributed by atoms with E-state index >= 15 is 0 Å². The molecule has 1 heterocycles. The second kappa shape index (κ2) is 3.28. The molecule has 1 saturated carbocycles. The zero-order valence-corrected chi connectivity index (χ0v) is 8.22. The molecule has 13 heavy (non-hydrogen) atoms. The van der Waals surface area contributed by atoms with Crippen LogP contribution in [0.15, 0.2) is 18.2 Å². The van der Waals surface area contributed by atoms with Gasteiger partial charge in [-0.15, -0.1) is 0 Å². The van der Waals surface area contributed by atoms with Crippen molar-refractivity contribution in [3.8, 4) is 0 Å². The van der Waals surface area contributed by atoms with Crippen LogP contribution < -0.4 is 5.73 Å². The zero-order valence-electron chi connectivity index (χ0n) is 7.46. The Kier molecular flexibility index (Phi) is 2.26. The molecule has 0 spiro atoms. The average molecular weight is 197 g/mol. The van der Waals surface area contributed by atoms with Crippen molar-refractivity contribution in [1.82, 2.24) is 4.98 Å². The summed E-state index contributed by atoms with van der Waals surface area (Å²) in [5, 5.41) is 0.584. The molecule has 0 radical (unpaired) electrons. The predicted octanol–water partition coefficient (Wildman–Crippen LogP) is 2.12. The molecular weight excluding hydrogens is 184 g/mol. The molecule has 3 heteroatoms. The Morgan fingerprint density at radius 1 is 1.46 bits per heavy atom. The van der Waals surface area contributed by atoms with E-state index in [1.54, 1.807) is 0 Å². The van der Waals surface area contributed by atoms with Crippen LogP contribution in [0, 0.1) is 0 Å². The Labute approximate surface area is 83.1 Å². The van der Waals surface area contributed by atoms with E-state index in [1.165, 1.54) is 12.8 Å². The Hall–Kier alpha value is -0.600. The topological polar surface area (TPSA) is 38.9 Å². The Balaban J connectivity index is 2.25. The first-order valence-electron chi connectivity index (χ1n) is 4.60. The van der Waals surface area contributed by atoms with Gasteiger partial charge in [0.1, 0.15) is 5.15 Å². The van der Waals surface area contributed by atoms with Crippen molar-refractivity contribution in [1.29, 1.82) is 0 Å². The van der Waals surface area contributed by atoms with Gasteiger partial charge in [-0.25, -0.2) is 4.98 Å². The highest BCUT2D eigenvalue weighted by atomic mass is 35.5. The number of hydrogen-bond acceptors (Lipinski definition) is 2. The van der Waals surface area contributed by atoms with Crippen molar-refractivity contribution in [3.05, 3.63) is 29.0 Å². The van der Waals surface area contributed by atoms with Gasteiger partial charge < -0.3 is 5.73 Å². The van der Waals surface area contributed by atoms with Crippen LogP contribution in [0.4, 0.5) is 0 Å². The third-order valence-corrected chi connectivity index (χ3v) is 2.95. The summed E-state index contributed by atoms with van der Waals surface area (Å²) < 4.78 is 0. The van der Waals surface area contributed by atoms with E-state index in [0.717, 1.165) is 18.7 Å². The van der Waals surface area contributed by atoms with Gasteiger partial charge in [0.05, 0.1) is 0 Å². The number of nitrogens with zero attached hydrogens (tertiary/aromatic N) is 1. The van der Waals surface area contributed by atoms with Gasteiger partial charge in [-0.05, 0) is 37.9 Å². The Morgan fingerprint density at radius 3 is 2.77 bits per heavy atom. The molecule has 0 saturated heterocycles. The fraction of sp³-hybridized carbons (Fsp3) is 0.500. The molecule has 1 aromatic heterocycles. The lowest BCUT2D eigenvalue weighted by molar-refractivity contribution is 0.610. The average Bonchev–Trinajstić information content (AvgIpc) is 2.86. The smallest absolute Gasteiger partial charge is 0.129 e. The van der Waals surface area contributed by atoms with Crippen LogP contribution in [-0.2, 0) is 5.41 Å². The lowest BCUT2D eigenvalue weighted by atomic mass is 9.98. The molecule has 0 bridgehead atoms. The highest BCUT2D eigenvalue weighted by molar-refractivity contribution is 6.29. The Morgan fingerprint density at radius 2 is 2.23 bits per heavy atom. The molecule has 0 aromatic carbocycles. The zero-order chi connectivity index (χ0) is 9.31. The van der Waals surface area contributed by atoms with Crippen LogP contribution in [0.25, 0.3) is 0 Å². The normalized spacial score (nSPS) is 18.6. The molecule has 0 atom stereocenters. The minimum Gasteiger partial charge on any atom is -0.330 e. The molecule has 2 N–H and O–H groups in total. The van der Waals surface area contributed by atoms with Gasteiger partial charge in [0, 0.05) is 11.1 Å². The fourth-order valence-corrected chi connectivity index (χ4v) is 1.93. The summed E-state index contributed by atoms with van der Waals surface area (Å²) in [7, 11) is 0. The summed E-state index contributed by atoms with van der Waals surface area (Å²) >= 11 is 5.84. The molecule has 2 nitrogen and oxygen atoms in total. The van der Waals surface area contributed by atoms with Gasteiger partial charge in [-0.3, -0.25) is 0 Å². The van der Waals surface area contributed by atoms with Crippen molar-refractivity contribution < 1.29 is 0 Å². The number of halogens is 1. The molecule has 1 fully saturated rings. The van der Waals surface area contributed by atoms with Crippen LogP contribution in [0.3, 0.4) is 0 Å². The van der Waals surface area contributed by atoms with Crippen molar-refractivity contribution in [3.63, 3.8) is 0 Å². The lowest BCUT2D eigenvalue weighted by Gasteiger charge is -2.12. The molecule has 0 unspecified atom stereocenters. The third kappa shape index (κ3) is 1.69. The minimum absolute atomic E-state index is 0.264. The van der Waals surface area contributed by atoms with E-state index in [0.29, 0.717) is 5.15 Å². The number of pyridine rings is 1. The monoisotopic (exact) mass is 196 g/mol. The molecular formula is C10H13ClN2. The summed E-state index contributed by atoms with van der Waals surface area (Å²) in [6.07, 6.45) is 3.44. The van der Waals surface area contributed by atoms with Gasteiger partial charge in [-0.1, -0.05) is 17.7 Å². The van der Waals surface area contributed by atoms with Crippen molar-refractivity contribution >= 4 is 11.6 Å². The van der Waals surface area contributed by atoms with Crippen molar-refractivity contribution in [2.45, 2.75) is 24.7 Å². The molecule has 1 aromatic rings. The van der Waals surface area contributed by atoms with Gasteiger partial charge in [0.2, 0.25) is 0 Å². The second-order valence-corrected chi connectivity index (χ2v) is 4.05. The van der Waals surface area contributed by atoms with E-state index in [4.69, 9.17) is 17.3 Å². The van der Waals surface area contributed by atoms with E-state index < -0.39 is 0 Å². The number of hydrogen-bond donors (Lipinski definition) is 1. The molecule has 0 amide bonds. The standard InChI is InChI=1S/C10H13ClN2/c11-9-3-1-2-8(13-9)10(4-5-10)6-7-12/h1-3H,4-7,12H2. The summed E-state index contributed by atoms with van der Waals surface area (Å²) in [6, 6.07) is 5.82. The number of nitrogens with two attached hydrogens (primary N) is 1. The third-order valence-electron chi connectivity index (χ3n) is 2.73. The molecule has 1 aliphatic carbocycles. The second-order valence-electron chi connectivity index (χ2n) is 3.66. The first-order valence-corrected chi connectivity index (χ1v) is 4.98. The van der Waals surface area contributed by atoms with Crippen LogP contribution in [0.2, 0.25) is 5.15 Å². The predicted molar refractivity (Wildman–Crippen MR) is 53.8 cm³/mol. The first-order chi connectivity index (χ1) is 6.27. The number of rotatable bonds is 3. The molecule has 2 rings (SSSR count). The summed E-state index contributed by atoms with van der Waals surface area (Å²) in [6.45, 7) is 0.730. The van der Waals surface area contributed by atoms with Crippen LogP contribution in [0.1, 0.15) is 25.0 Å². The number of aromatic nitrogens is 1. The highest BCUT2D eigenvalue weighted by Gasteiger charge is 2.44. The summed E-state index contributed by atoms with van der Waals surface area (Å²) in [5.74, 6) is 0. The van der Waals surface area contributed by atoms with Crippen LogP contribution >= 0.6 is 11.6 Å². The fourth-order valence-electron chi connectivity index (χ4n) is 1.77. The Bertz CT molecular complexity index is 308. The quantitative estimate of drug-likeness (QED) is 0.753. The maximum absolute atomic E-state index is 5.84. The van der Waals surface area contributed by atoms with Gasteiger partial charge in [0.15, 0.2) is 0 Å².